The second-order valence-corrected chi connectivity index (χ2v) is 9.03. The zero-order valence-corrected chi connectivity index (χ0v) is 18.7. The van der Waals surface area contributed by atoms with Crippen molar-refractivity contribution in [3.63, 3.8) is 0 Å². The fourth-order valence-electron chi connectivity index (χ4n) is 3.54. The first-order chi connectivity index (χ1) is 13.1. The summed E-state index contributed by atoms with van der Waals surface area (Å²) in [4.78, 5) is 26.5. The van der Waals surface area contributed by atoms with Gasteiger partial charge in [-0.15, -0.1) is 11.8 Å². The average Bonchev–Trinajstić information content (AvgIpc) is 2.88. The highest BCUT2D eigenvalue weighted by Crippen LogP contribution is 2.52. The smallest absolute Gasteiger partial charge is 0.321 e. The SMILES string of the molecule is CCOC(=O)C1SC(COc2ccccc2OC)(C(C)=S)N(C(C)=O)C1(C)C. The Hall–Kier alpha value is -1.80. The van der Waals surface area contributed by atoms with Crippen LogP contribution >= 0.6 is 24.0 Å². The molecule has 0 spiro atoms. The van der Waals surface area contributed by atoms with Crippen LogP contribution in [0.5, 0.6) is 11.5 Å². The molecule has 1 fully saturated rings. The fourth-order valence-corrected chi connectivity index (χ4v) is 5.55. The van der Waals surface area contributed by atoms with Crippen LogP contribution in [-0.4, -0.2) is 57.6 Å². The van der Waals surface area contributed by atoms with Crippen molar-refractivity contribution in [1.82, 2.24) is 4.90 Å². The number of esters is 1. The molecule has 1 aromatic rings. The number of thioether (sulfide) groups is 1. The normalized spacial score (nSPS) is 23.2. The minimum absolute atomic E-state index is 0.0896. The van der Waals surface area contributed by atoms with Crippen LogP contribution in [0.4, 0.5) is 0 Å². The van der Waals surface area contributed by atoms with Crippen LogP contribution in [-0.2, 0) is 14.3 Å². The monoisotopic (exact) mass is 425 g/mol. The number of nitrogens with zero attached hydrogens (tertiary/aromatic N) is 1. The Labute approximate surface area is 175 Å². The summed E-state index contributed by atoms with van der Waals surface area (Å²) in [5.74, 6) is 0.580. The Morgan fingerprint density at radius 2 is 1.82 bits per heavy atom. The Morgan fingerprint density at radius 1 is 1.21 bits per heavy atom. The zero-order chi connectivity index (χ0) is 21.1. The molecule has 0 aliphatic carbocycles. The minimum atomic E-state index is -0.983. The maximum Gasteiger partial charge on any atom is 0.321 e. The Kier molecular flexibility index (Phi) is 6.98. The van der Waals surface area contributed by atoms with Crippen molar-refractivity contribution in [2.45, 2.75) is 50.3 Å². The molecular weight excluding hydrogens is 398 g/mol. The van der Waals surface area contributed by atoms with Crippen molar-refractivity contribution in [1.29, 1.82) is 0 Å². The molecule has 2 atom stereocenters. The van der Waals surface area contributed by atoms with Gasteiger partial charge in [0, 0.05) is 11.8 Å². The highest BCUT2D eigenvalue weighted by Gasteiger charge is 2.62. The number of hydrogen-bond donors (Lipinski definition) is 0. The van der Waals surface area contributed by atoms with Crippen LogP contribution in [0.3, 0.4) is 0 Å². The molecule has 0 saturated carbocycles. The number of methoxy groups -OCH3 is 1. The van der Waals surface area contributed by atoms with Gasteiger partial charge in [0.1, 0.15) is 11.9 Å². The molecule has 2 unspecified atom stereocenters. The van der Waals surface area contributed by atoms with Crippen LogP contribution in [0.25, 0.3) is 0 Å². The summed E-state index contributed by atoms with van der Waals surface area (Å²) < 4.78 is 16.7. The van der Waals surface area contributed by atoms with Gasteiger partial charge in [-0.3, -0.25) is 9.59 Å². The van der Waals surface area contributed by atoms with Gasteiger partial charge in [0.25, 0.3) is 0 Å². The van der Waals surface area contributed by atoms with Crippen molar-refractivity contribution in [2.24, 2.45) is 0 Å². The van der Waals surface area contributed by atoms with Gasteiger partial charge in [-0.05, 0) is 39.8 Å². The van der Waals surface area contributed by atoms with Crippen LogP contribution in [0, 0.1) is 0 Å². The van der Waals surface area contributed by atoms with Crippen LogP contribution in [0.15, 0.2) is 24.3 Å². The lowest BCUT2D eigenvalue weighted by molar-refractivity contribution is -0.146. The van der Waals surface area contributed by atoms with E-state index in [9.17, 15) is 9.59 Å². The molecule has 1 heterocycles. The number of thiocarbonyl (C=S) groups is 1. The Balaban J connectivity index is 2.45. The highest BCUT2D eigenvalue weighted by atomic mass is 32.2. The van der Waals surface area contributed by atoms with Crippen molar-refractivity contribution in [3.05, 3.63) is 24.3 Å². The van der Waals surface area contributed by atoms with Gasteiger partial charge in [-0.25, -0.2) is 0 Å². The van der Waals surface area contributed by atoms with Crippen molar-refractivity contribution < 1.29 is 23.8 Å². The molecule has 6 nitrogen and oxygen atoms in total. The summed E-state index contributed by atoms with van der Waals surface area (Å²) in [6, 6.07) is 7.27. The first-order valence-corrected chi connectivity index (χ1v) is 10.3. The number of benzene rings is 1. The molecule has 0 N–H and O–H groups in total. The highest BCUT2D eigenvalue weighted by molar-refractivity contribution is 8.04. The third-order valence-corrected chi connectivity index (χ3v) is 7.22. The number of amides is 1. The first kappa shape index (κ1) is 22.5. The first-order valence-electron chi connectivity index (χ1n) is 9.04. The van der Waals surface area contributed by atoms with Gasteiger partial charge >= 0.3 is 5.97 Å². The van der Waals surface area contributed by atoms with Crippen molar-refractivity contribution in [3.8, 4) is 11.5 Å². The van der Waals surface area contributed by atoms with Crippen molar-refractivity contribution >= 4 is 40.7 Å². The standard InChI is InChI=1S/C20H27NO5S2/c1-7-25-18(23)17-19(4,5)21(14(3)22)20(28-17,13(2)27)12-26-16-11-9-8-10-15(16)24-6/h8-11,17H,7,12H2,1-6H3. The summed E-state index contributed by atoms with van der Waals surface area (Å²) in [6.07, 6.45) is 0. The van der Waals surface area contributed by atoms with E-state index in [2.05, 4.69) is 0 Å². The number of carbonyl (C=O) groups excluding carboxylic acids is 2. The number of para-hydroxylation sites is 2. The summed E-state index contributed by atoms with van der Waals surface area (Å²) in [5.41, 5.74) is -0.799. The zero-order valence-electron chi connectivity index (χ0n) is 17.1. The third-order valence-electron chi connectivity index (χ3n) is 4.75. The predicted molar refractivity (Wildman–Crippen MR) is 114 cm³/mol. The van der Waals surface area contributed by atoms with Gasteiger partial charge in [0.2, 0.25) is 5.91 Å². The van der Waals surface area contributed by atoms with E-state index in [0.717, 1.165) is 0 Å². The lowest BCUT2D eigenvalue weighted by Crippen LogP contribution is -2.60. The fraction of sp³-hybridized carbons (Fsp3) is 0.550. The summed E-state index contributed by atoms with van der Waals surface area (Å²) in [6.45, 7) is 9.08. The largest absolute Gasteiger partial charge is 0.493 e. The number of ether oxygens (including phenoxy) is 3. The lowest BCUT2D eigenvalue weighted by Gasteiger charge is -2.42. The van der Waals surface area contributed by atoms with E-state index < -0.39 is 15.7 Å². The molecule has 154 valence electrons. The molecule has 0 aromatic heterocycles. The number of hydrogen-bond acceptors (Lipinski definition) is 7. The quantitative estimate of drug-likeness (QED) is 0.490. The molecule has 0 bridgehead atoms. The van der Waals surface area contributed by atoms with Gasteiger partial charge in [0.05, 0.1) is 19.3 Å². The lowest BCUT2D eigenvalue weighted by atomic mass is 9.94. The van der Waals surface area contributed by atoms with Crippen LogP contribution < -0.4 is 9.47 Å². The van der Waals surface area contributed by atoms with Crippen LogP contribution in [0.1, 0.15) is 34.6 Å². The molecule has 8 heteroatoms. The molecule has 1 aliphatic rings. The summed E-state index contributed by atoms with van der Waals surface area (Å²) in [7, 11) is 1.56. The molecule has 2 rings (SSSR count). The second-order valence-electron chi connectivity index (χ2n) is 7.04. The molecular formula is C20H27NO5S2. The van der Waals surface area contributed by atoms with E-state index in [1.54, 1.807) is 38.0 Å². The number of rotatable bonds is 7. The van der Waals surface area contributed by atoms with E-state index in [4.69, 9.17) is 26.4 Å². The molecule has 0 radical (unpaired) electrons. The average molecular weight is 426 g/mol. The van der Waals surface area contributed by atoms with Gasteiger partial charge < -0.3 is 19.1 Å². The number of carbonyl (C=O) groups is 2. The van der Waals surface area contributed by atoms with Gasteiger partial charge in [-0.2, -0.15) is 0 Å². The Morgan fingerprint density at radius 3 is 2.32 bits per heavy atom. The van der Waals surface area contributed by atoms with E-state index in [0.29, 0.717) is 16.4 Å². The molecule has 1 saturated heterocycles. The molecule has 28 heavy (non-hydrogen) atoms. The van der Waals surface area contributed by atoms with Gasteiger partial charge in [-0.1, -0.05) is 24.4 Å². The van der Waals surface area contributed by atoms with Gasteiger partial charge in [0.15, 0.2) is 16.4 Å². The van der Waals surface area contributed by atoms with E-state index in [-0.39, 0.29) is 25.1 Å². The predicted octanol–water partition coefficient (Wildman–Crippen LogP) is 3.47. The maximum atomic E-state index is 12.7. The van der Waals surface area contributed by atoms with E-state index >= 15 is 0 Å². The Bertz CT molecular complexity index is 767. The topological polar surface area (TPSA) is 65.1 Å². The minimum Gasteiger partial charge on any atom is -0.493 e. The summed E-state index contributed by atoms with van der Waals surface area (Å²) >= 11 is 6.88. The molecule has 1 aliphatic heterocycles. The molecule has 1 aromatic carbocycles. The summed E-state index contributed by atoms with van der Waals surface area (Å²) in [5, 5.41) is -0.587. The van der Waals surface area contributed by atoms with E-state index in [1.807, 2.05) is 26.0 Å². The second kappa shape index (κ2) is 8.69. The third kappa shape index (κ3) is 3.98. The van der Waals surface area contributed by atoms with Crippen LogP contribution in [0.2, 0.25) is 0 Å². The maximum absolute atomic E-state index is 12.7. The molecule has 1 amide bonds. The van der Waals surface area contributed by atoms with E-state index in [1.165, 1.54) is 18.7 Å². The van der Waals surface area contributed by atoms with Crippen molar-refractivity contribution in [2.75, 3.05) is 20.3 Å².